The van der Waals surface area contributed by atoms with Gasteiger partial charge in [0, 0.05) is 6.54 Å². The van der Waals surface area contributed by atoms with Crippen molar-refractivity contribution < 1.29 is 19.5 Å². The lowest BCUT2D eigenvalue weighted by Crippen LogP contribution is -2.44. The molecule has 25 heavy (non-hydrogen) atoms. The van der Waals surface area contributed by atoms with E-state index in [9.17, 15) is 19.7 Å². The number of thioether (sulfide) groups is 1. The van der Waals surface area contributed by atoms with E-state index in [0.717, 1.165) is 28.1 Å². The highest BCUT2D eigenvalue weighted by Gasteiger charge is 2.39. The van der Waals surface area contributed by atoms with E-state index in [0.29, 0.717) is 0 Å². The molecule has 0 aromatic heterocycles. The molecule has 1 fully saturated rings. The Bertz CT molecular complexity index is 823. The van der Waals surface area contributed by atoms with Gasteiger partial charge in [0.1, 0.15) is 12.6 Å². The zero-order valence-electron chi connectivity index (χ0n) is 13.0. The molecule has 1 aliphatic rings. The number of hydrogen-bond acceptors (Lipinski definition) is 6. The van der Waals surface area contributed by atoms with Crippen LogP contribution in [0.25, 0.3) is 10.8 Å². The van der Waals surface area contributed by atoms with Gasteiger partial charge in [0.2, 0.25) is 5.91 Å². The zero-order chi connectivity index (χ0) is 17.8. The number of carbonyl (C=O) groups is 2. The van der Waals surface area contributed by atoms with Gasteiger partial charge in [-0.05, 0) is 16.3 Å². The van der Waals surface area contributed by atoms with Crippen molar-refractivity contribution in [2.24, 2.45) is 0 Å². The lowest BCUT2D eigenvalue weighted by atomic mass is 9.98. The maximum atomic E-state index is 12.4. The molecule has 1 saturated heterocycles. The van der Waals surface area contributed by atoms with Gasteiger partial charge in [0.15, 0.2) is 0 Å². The molecule has 130 valence electrons. The molecule has 8 nitrogen and oxygen atoms in total. The van der Waals surface area contributed by atoms with Crippen molar-refractivity contribution in [3.05, 3.63) is 58.1 Å². The summed E-state index contributed by atoms with van der Waals surface area (Å²) in [6, 6.07) is 12.8. The first-order valence-corrected chi connectivity index (χ1v) is 8.44. The first-order valence-electron chi connectivity index (χ1n) is 7.56. The van der Waals surface area contributed by atoms with E-state index in [4.69, 9.17) is 0 Å². The highest BCUT2D eigenvalue weighted by atomic mass is 32.2. The fourth-order valence-electron chi connectivity index (χ4n) is 2.77. The van der Waals surface area contributed by atoms with Gasteiger partial charge in [0.25, 0.3) is 10.3 Å². The summed E-state index contributed by atoms with van der Waals surface area (Å²) >= 11 is 1.06. The summed E-state index contributed by atoms with van der Waals surface area (Å²) < 4.78 is 0. The normalized spacial score (nSPS) is 19.4. The lowest BCUT2D eigenvalue weighted by Gasteiger charge is -2.19. The van der Waals surface area contributed by atoms with Crippen LogP contribution in [0.1, 0.15) is 10.8 Å². The zero-order valence-corrected chi connectivity index (χ0v) is 13.8. The van der Waals surface area contributed by atoms with Crippen molar-refractivity contribution in [3.63, 3.8) is 0 Å². The van der Waals surface area contributed by atoms with Crippen molar-refractivity contribution in [1.82, 2.24) is 10.6 Å². The average molecular weight is 361 g/mol. The first-order chi connectivity index (χ1) is 12.1. The van der Waals surface area contributed by atoms with Crippen LogP contribution in [0.2, 0.25) is 0 Å². The second-order valence-electron chi connectivity index (χ2n) is 5.36. The van der Waals surface area contributed by atoms with Crippen LogP contribution in [0.3, 0.4) is 0 Å². The number of nitrogens with one attached hydrogen (secondary N) is 2. The maximum absolute atomic E-state index is 12.4. The molecule has 0 radical (unpaired) electrons. The summed E-state index contributed by atoms with van der Waals surface area (Å²) in [4.78, 5) is 38.5. The van der Waals surface area contributed by atoms with Crippen LogP contribution in [-0.4, -0.2) is 35.4 Å². The number of fused-ring (bicyclic) bond motifs is 1. The summed E-state index contributed by atoms with van der Waals surface area (Å²) in [7, 11) is 0. The van der Waals surface area contributed by atoms with Gasteiger partial charge in [-0.3, -0.25) is 9.59 Å². The number of rotatable bonds is 6. The number of amides is 2. The van der Waals surface area contributed by atoms with Crippen LogP contribution in [0.15, 0.2) is 42.5 Å². The largest absolute Gasteiger partial charge is 0.352 e. The van der Waals surface area contributed by atoms with Gasteiger partial charge in [0.05, 0.1) is 5.25 Å². The fraction of sp³-hybridized carbons (Fsp3) is 0.250. The number of hydrogen-bond donors (Lipinski definition) is 2. The van der Waals surface area contributed by atoms with E-state index >= 15 is 0 Å². The summed E-state index contributed by atoms with van der Waals surface area (Å²) in [5.74, 6) is -0.400. The summed E-state index contributed by atoms with van der Waals surface area (Å²) in [5, 5.41) is 15.8. The van der Waals surface area contributed by atoms with Crippen molar-refractivity contribution in [2.75, 3.05) is 13.2 Å². The molecule has 2 amide bonds. The highest BCUT2D eigenvalue weighted by Crippen LogP contribution is 2.40. The van der Waals surface area contributed by atoms with Crippen molar-refractivity contribution in [3.8, 4) is 0 Å². The highest BCUT2D eigenvalue weighted by molar-refractivity contribution is 8.14. The summed E-state index contributed by atoms with van der Waals surface area (Å²) in [6.07, 6.45) is 0. The Labute approximate surface area is 147 Å². The molecule has 1 heterocycles. The fourth-order valence-corrected chi connectivity index (χ4v) is 3.85. The SMILES string of the molecule is O=C1NC(C(=O)NCCO[N+](=O)[O-])C(c2cccc3ccccc23)S1. The minimum absolute atomic E-state index is 0.0148. The van der Waals surface area contributed by atoms with Gasteiger partial charge in [-0.2, -0.15) is 0 Å². The molecule has 2 aromatic carbocycles. The third-order valence-electron chi connectivity index (χ3n) is 3.82. The third kappa shape index (κ3) is 3.82. The number of benzene rings is 2. The Morgan fingerprint density at radius 3 is 2.84 bits per heavy atom. The molecule has 2 N–H and O–H groups in total. The molecule has 0 bridgehead atoms. The van der Waals surface area contributed by atoms with E-state index in [1.165, 1.54) is 0 Å². The van der Waals surface area contributed by atoms with Gasteiger partial charge in [-0.15, -0.1) is 10.1 Å². The molecule has 0 spiro atoms. The topological polar surface area (TPSA) is 111 Å². The van der Waals surface area contributed by atoms with Gasteiger partial charge < -0.3 is 15.5 Å². The van der Waals surface area contributed by atoms with Crippen molar-refractivity contribution >= 4 is 33.7 Å². The van der Waals surface area contributed by atoms with Gasteiger partial charge in [-0.25, -0.2) is 0 Å². The van der Waals surface area contributed by atoms with Crippen LogP contribution in [0.4, 0.5) is 4.79 Å². The molecule has 3 rings (SSSR count). The molecule has 1 aliphatic heterocycles. The molecular formula is C16H15N3O5S. The molecular weight excluding hydrogens is 346 g/mol. The average Bonchev–Trinajstić information content (AvgIpc) is 2.99. The van der Waals surface area contributed by atoms with Crippen LogP contribution in [0.5, 0.6) is 0 Å². The van der Waals surface area contributed by atoms with E-state index < -0.39 is 17.0 Å². The Hall–Kier alpha value is -2.81. The number of carbonyl (C=O) groups excluding carboxylic acids is 2. The van der Waals surface area contributed by atoms with Crippen LogP contribution in [0, 0.1) is 10.1 Å². The van der Waals surface area contributed by atoms with Gasteiger partial charge in [-0.1, -0.05) is 54.2 Å². The predicted molar refractivity (Wildman–Crippen MR) is 92.6 cm³/mol. The predicted octanol–water partition coefficient (Wildman–Crippen LogP) is 2.03. The molecule has 2 unspecified atom stereocenters. The second kappa shape index (κ2) is 7.39. The molecule has 0 aliphatic carbocycles. The molecule has 2 aromatic rings. The van der Waals surface area contributed by atoms with Crippen LogP contribution < -0.4 is 10.6 Å². The van der Waals surface area contributed by atoms with Crippen molar-refractivity contribution in [2.45, 2.75) is 11.3 Å². The van der Waals surface area contributed by atoms with E-state index in [-0.39, 0.29) is 23.6 Å². The van der Waals surface area contributed by atoms with Gasteiger partial charge >= 0.3 is 0 Å². The number of nitrogens with zero attached hydrogens (tertiary/aromatic N) is 1. The Morgan fingerprint density at radius 1 is 1.28 bits per heavy atom. The van der Waals surface area contributed by atoms with E-state index in [1.807, 2.05) is 42.5 Å². The third-order valence-corrected chi connectivity index (χ3v) is 4.93. The minimum Gasteiger partial charge on any atom is -0.352 e. The van der Waals surface area contributed by atoms with Crippen LogP contribution >= 0.6 is 11.8 Å². The van der Waals surface area contributed by atoms with E-state index in [2.05, 4.69) is 15.5 Å². The summed E-state index contributed by atoms with van der Waals surface area (Å²) in [6.45, 7) is -0.259. The molecule has 2 atom stereocenters. The molecule has 9 heteroatoms. The monoisotopic (exact) mass is 361 g/mol. The van der Waals surface area contributed by atoms with E-state index in [1.54, 1.807) is 0 Å². The minimum atomic E-state index is -0.918. The maximum Gasteiger partial charge on any atom is 0.294 e. The van der Waals surface area contributed by atoms with Crippen LogP contribution in [-0.2, 0) is 9.63 Å². The Kier molecular flexibility index (Phi) is 5.03. The Morgan fingerprint density at radius 2 is 2.04 bits per heavy atom. The Balaban J connectivity index is 1.78. The standard InChI is InChI=1S/C16H15N3O5S/c20-15(17-8-9-24-19(22)23)13-14(25-16(21)18-13)12-7-3-5-10-4-1-2-6-11(10)12/h1-7,13-14H,8-9H2,(H,17,20)(H,18,21). The van der Waals surface area contributed by atoms with Crippen molar-refractivity contribution in [1.29, 1.82) is 0 Å². The second-order valence-corrected chi connectivity index (χ2v) is 6.48. The molecule has 0 saturated carbocycles. The lowest BCUT2D eigenvalue weighted by molar-refractivity contribution is -0.757. The first kappa shape index (κ1) is 17.0. The summed E-state index contributed by atoms with van der Waals surface area (Å²) in [5.41, 5.74) is 0.892. The quantitative estimate of drug-likeness (QED) is 0.463. The smallest absolute Gasteiger partial charge is 0.294 e.